The van der Waals surface area contributed by atoms with E-state index in [9.17, 15) is 4.79 Å². The predicted molar refractivity (Wildman–Crippen MR) is 81.4 cm³/mol. The summed E-state index contributed by atoms with van der Waals surface area (Å²) in [6, 6.07) is 8.92. The number of aromatic nitrogens is 2. The van der Waals surface area contributed by atoms with Crippen molar-refractivity contribution < 1.29 is 0 Å². The smallest absolute Gasteiger partial charge is 0.269 e. The topological polar surface area (TPSA) is 64.2 Å². The number of anilines is 1. The van der Waals surface area contributed by atoms with E-state index in [4.69, 9.17) is 17.3 Å². The number of halogens is 1. The van der Waals surface area contributed by atoms with Gasteiger partial charge in [-0.15, -0.1) is 0 Å². The molecule has 2 aromatic rings. The molecule has 0 atom stereocenters. The molecule has 0 bridgehead atoms. The minimum atomic E-state index is -0.138. The summed E-state index contributed by atoms with van der Waals surface area (Å²) in [6.07, 6.45) is 1.67. The summed E-state index contributed by atoms with van der Waals surface area (Å²) in [7, 11) is 1.88. The Labute approximate surface area is 122 Å². The molecule has 1 aromatic heterocycles. The third kappa shape index (κ3) is 3.59. The highest BCUT2D eigenvalue weighted by molar-refractivity contribution is 6.30. The number of likely N-dealkylation sites (N-methyl/N-ethyl adjacent to an activating group) is 1. The summed E-state index contributed by atoms with van der Waals surface area (Å²) >= 11 is 5.83. The molecule has 0 spiro atoms. The van der Waals surface area contributed by atoms with Crippen molar-refractivity contribution in [3.8, 4) is 0 Å². The quantitative estimate of drug-likeness (QED) is 0.903. The van der Waals surface area contributed by atoms with Crippen molar-refractivity contribution >= 4 is 17.3 Å². The van der Waals surface area contributed by atoms with Gasteiger partial charge in [0.25, 0.3) is 5.56 Å². The summed E-state index contributed by atoms with van der Waals surface area (Å²) in [6.45, 7) is 1.64. The fourth-order valence-corrected chi connectivity index (χ4v) is 1.96. The molecule has 2 rings (SSSR count). The van der Waals surface area contributed by atoms with Gasteiger partial charge in [-0.25, -0.2) is 4.68 Å². The van der Waals surface area contributed by atoms with Crippen molar-refractivity contribution in [3.05, 3.63) is 57.5 Å². The van der Waals surface area contributed by atoms with Crippen molar-refractivity contribution in [2.45, 2.75) is 6.54 Å². The Morgan fingerprint density at radius 3 is 2.65 bits per heavy atom. The second-order valence-electron chi connectivity index (χ2n) is 4.55. The fraction of sp³-hybridized carbons (Fsp3) is 0.286. The molecule has 5 nitrogen and oxygen atoms in total. The summed E-state index contributed by atoms with van der Waals surface area (Å²) in [4.78, 5) is 13.9. The minimum absolute atomic E-state index is 0.138. The third-order valence-corrected chi connectivity index (χ3v) is 3.26. The molecule has 0 aliphatic heterocycles. The number of benzene rings is 1. The first kappa shape index (κ1) is 14.6. The molecule has 2 N–H and O–H groups in total. The predicted octanol–water partition coefficient (Wildman–Crippen LogP) is 1.34. The molecule has 0 radical (unpaired) electrons. The molecule has 106 valence electrons. The van der Waals surface area contributed by atoms with Crippen LogP contribution in [0, 0.1) is 0 Å². The Morgan fingerprint density at radius 2 is 2.05 bits per heavy atom. The molecule has 1 aromatic carbocycles. The van der Waals surface area contributed by atoms with Gasteiger partial charge in [0, 0.05) is 31.2 Å². The highest BCUT2D eigenvalue weighted by Gasteiger charge is 2.05. The molecule has 0 unspecified atom stereocenters. The Hall–Kier alpha value is -1.85. The van der Waals surface area contributed by atoms with E-state index in [1.165, 1.54) is 4.68 Å². The Kier molecular flexibility index (Phi) is 4.76. The van der Waals surface area contributed by atoms with Crippen LogP contribution in [0.1, 0.15) is 5.56 Å². The van der Waals surface area contributed by atoms with Crippen LogP contribution in [0.25, 0.3) is 0 Å². The highest BCUT2D eigenvalue weighted by atomic mass is 35.5. The molecule has 0 aliphatic rings. The largest absolute Gasteiger partial charge is 0.372 e. The van der Waals surface area contributed by atoms with E-state index in [0.717, 1.165) is 11.3 Å². The molecule has 0 saturated heterocycles. The summed E-state index contributed by atoms with van der Waals surface area (Å²) < 4.78 is 1.42. The van der Waals surface area contributed by atoms with E-state index in [1.807, 2.05) is 24.1 Å². The number of hydrogen-bond donors (Lipinski definition) is 1. The van der Waals surface area contributed by atoms with Gasteiger partial charge in [-0.3, -0.25) is 4.79 Å². The Bertz CT molecular complexity index is 624. The van der Waals surface area contributed by atoms with E-state index < -0.39 is 0 Å². The van der Waals surface area contributed by atoms with Gasteiger partial charge in [-0.1, -0.05) is 23.7 Å². The zero-order chi connectivity index (χ0) is 14.5. The van der Waals surface area contributed by atoms with Gasteiger partial charge >= 0.3 is 0 Å². The van der Waals surface area contributed by atoms with Crippen LogP contribution >= 0.6 is 11.6 Å². The average molecular weight is 293 g/mol. The molecule has 0 fully saturated rings. The SMILES string of the molecule is CN(CCN)c1cnn(Cc2ccc(Cl)cc2)c(=O)c1. The molecule has 20 heavy (non-hydrogen) atoms. The zero-order valence-corrected chi connectivity index (χ0v) is 12.0. The molecular formula is C14H17ClN4O. The number of hydrogen-bond acceptors (Lipinski definition) is 4. The highest BCUT2D eigenvalue weighted by Crippen LogP contribution is 2.10. The lowest BCUT2D eigenvalue weighted by molar-refractivity contribution is 0.637. The third-order valence-electron chi connectivity index (χ3n) is 3.01. The van der Waals surface area contributed by atoms with Crippen LogP contribution in [-0.2, 0) is 6.54 Å². The number of nitrogens with zero attached hydrogens (tertiary/aromatic N) is 3. The molecule has 0 saturated carbocycles. The maximum Gasteiger partial charge on any atom is 0.269 e. The van der Waals surface area contributed by atoms with Crippen LogP contribution in [0.3, 0.4) is 0 Å². The van der Waals surface area contributed by atoms with Crippen molar-refractivity contribution in [2.75, 3.05) is 25.0 Å². The van der Waals surface area contributed by atoms with Crippen LogP contribution < -0.4 is 16.2 Å². The monoisotopic (exact) mass is 292 g/mol. The van der Waals surface area contributed by atoms with Gasteiger partial charge in [0.1, 0.15) is 0 Å². The van der Waals surface area contributed by atoms with Crippen LogP contribution in [-0.4, -0.2) is 29.9 Å². The van der Waals surface area contributed by atoms with E-state index in [0.29, 0.717) is 24.7 Å². The van der Waals surface area contributed by atoms with E-state index in [1.54, 1.807) is 24.4 Å². The van der Waals surface area contributed by atoms with Crippen LogP contribution in [0.15, 0.2) is 41.3 Å². The second kappa shape index (κ2) is 6.54. The summed E-state index contributed by atoms with van der Waals surface area (Å²) in [5.41, 5.74) is 7.11. The van der Waals surface area contributed by atoms with E-state index >= 15 is 0 Å². The maximum atomic E-state index is 12.0. The zero-order valence-electron chi connectivity index (χ0n) is 11.3. The molecule has 1 heterocycles. The molecule has 0 amide bonds. The van der Waals surface area contributed by atoms with Gasteiger partial charge in [0.2, 0.25) is 0 Å². The first-order valence-electron chi connectivity index (χ1n) is 6.33. The summed E-state index contributed by atoms with van der Waals surface area (Å²) in [5, 5.41) is 4.86. The van der Waals surface area contributed by atoms with Crippen LogP contribution in [0.2, 0.25) is 5.02 Å². The fourth-order valence-electron chi connectivity index (χ4n) is 1.84. The standard InChI is InChI=1S/C14H17ClN4O/c1-18(7-6-16)13-8-14(20)19(17-9-13)10-11-2-4-12(15)5-3-11/h2-5,8-9H,6-7,10,16H2,1H3. The summed E-state index contributed by atoms with van der Waals surface area (Å²) in [5.74, 6) is 0. The Balaban J connectivity index is 2.17. The van der Waals surface area contributed by atoms with Gasteiger partial charge in [-0.05, 0) is 17.7 Å². The van der Waals surface area contributed by atoms with Crippen molar-refractivity contribution in [3.63, 3.8) is 0 Å². The van der Waals surface area contributed by atoms with Crippen LogP contribution in [0.5, 0.6) is 0 Å². The van der Waals surface area contributed by atoms with Crippen molar-refractivity contribution in [2.24, 2.45) is 5.73 Å². The first-order valence-corrected chi connectivity index (χ1v) is 6.71. The van der Waals surface area contributed by atoms with Crippen LogP contribution in [0.4, 0.5) is 5.69 Å². The van der Waals surface area contributed by atoms with E-state index in [2.05, 4.69) is 5.10 Å². The van der Waals surface area contributed by atoms with Crippen molar-refractivity contribution in [1.29, 1.82) is 0 Å². The lowest BCUT2D eigenvalue weighted by Crippen LogP contribution is -2.29. The normalized spacial score (nSPS) is 10.6. The van der Waals surface area contributed by atoms with Gasteiger partial charge in [0.05, 0.1) is 18.4 Å². The number of rotatable bonds is 5. The molecule has 6 heteroatoms. The van der Waals surface area contributed by atoms with Gasteiger partial charge in [0.15, 0.2) is 0 Å². The van der Waals surface area contributed by atoms with Gasteiger partial charge < -0.3 is 10.6 Å². The first-order chi connectivity index (χ1) is 9.60. The molecular weight excluding hydrogens is 276 g/mol. The second-order valence-corrected chi connectivity index (χ2v) is 4.98. The lowest BCUT2D eigenvalue weighted by Gasteiger charge is -2.17. The van der Waals surface area contributed by atoms with E-state index in [-0.39, 0.29) is 5.56 Å². The maximum absolute atomic E-state index is 12.0. The average Bonchev–Trinajstić information content (AvgIpc) is 2.43. The minimum Gasteiger partial charge on any atom is -0.372 e. The Morgan fingerprint density at radius 1 is 1.35 bits per heavy atom. The number of nitrogens with two attached hydrogens (primary N) is 1. The van der Waals surface area contributed by atoms with Crippen molar-refractivity contribution in [1.82, 2.24) is 9.78 Å². The van der Waals surface area contributed by atoms with Gasteiger partial charge in [-0.2, -0.15) is 5.10 Å². The lowest BCUT2D eigenvalue weighted by atomic mass is 10.2. The molecule has 0 aliphatic carbocycles.